The molecule has 0 saturated heterocycles. The van der Waals surface area contributed by atoms with Crippen LogP contribution >= 0.6 is 10.6 Å². The van der Waals surface area contributed by atoms with Crippen LogP contribution in [-0.4, -0.2) is 19.5 Å². The fourth-order valence-corrected chi connectivity index (χ4v) is 3.18. The van der Waals surface area contributed by atoms with Gasteiger partial charge in [-0.1, -0.05) is 18.2 Å². The van der Waals surface area contributed by atoms with E-state index in [2.05, 4.69) is 12.1 Å². The molecular formula is C11H18O2S. The molecule has 0 spiro atoms. The number of benzene rings is 1. The molecule has 0 aliphatic rings. The van der Waals surface area contributed by atoms with Crippen LogP contribution in [0.5, 0.6) is 0 Å². The molecule has 2 nitrogen and oxygen atoms in total. The zero-order chi connectivity index (χ0) is 10.4. The van der Waals surface area contributed by atoms with Crippen molar-refractivity contribution in [3.8, 4) is 0 Å². The molecule has 1 aromatic rings. The summed E-state index contributed by atoms with van der Waals surface area (Å²) in [5.41, 5.74) is 0. The normalized spacial score (nSPS) is 12.8. The molecule has 0 bridgehead atoms. The second kappa shape index (κ2) is 5.39. The first-order chi connectivity index (χ1) is 6.73. The van der Waals surface area contributed by atoms with Crippen molar-refractivity contribution in [2.24, 2.45) is 0 Å². The highest BCUT2D eigenvalue weighted by Crippen LogP contribution is 2.54. The van der Waals surface area contributed by atoms with Crippen molar-refractivity contribution in [3.63, 3.8) is 0 Å². The van der Waals surface area contributed by atoms with Crippen molar-refractivity contribution >= 4 is 10.6 Å². The standard InChI is InChI=1S/C11H18O2S/c1-4-12-14(3,13-5-2)11-9-7-6-8-10-11/h6-10H,4-5H2,1-3H3. The highest BCUT2D eigenvalue weighted by Gasteiger charge is 2.16. The van der Waals surface area contributed by atoms with Crippen LogP contribution in [0.1, 0.15) is 13.8 Å². The zero-order valence-electron chi connectivity index (χ0n) is 9.03. The van der Waals surface area contributed by atoms with Crippen LogP contribution in [0.4, 0.5) is 0 Å². The smallest absolute Gasteiger partial charge is 0.0690 e. The van der Waals surface area contributed by atoms with Crippen molar-refractivity contribution in [2.75, 3.05) is 19.5 Å². The highest BCUT2D eigenvalue weighted by atomic mass is 32.3. The third-order valence-electron chi connectivity index (χ3n) is 1.86. The van der Waals surface area contributed by atoms with Gasteiger partial charge in [0.25, 0.3) is 0 Å². The van der Waals surface area contributed by atoms with Crippen molar-refractivity contribution < 1.29 is 8.37 Å². The van der Waals surface area contributed by atoms with E-state index in [0.717, 1.165) is 4.90 Å². The number of hydrogen-bond donors (Lipinski definition) is 0. The third kappa shape index (κ3) is 2.74. The molecule has 0 N–H and O–H groups in total. The van der Waals surface area contributed by atoms with Crippen LogP contribution in [0.15, 0.2) is 35.2 Å². The average molecular weight is 214 g/mol. The van der Waals surface area contributed by atoms with E-state index in [9.17, 15) is 0 Å². The van der Waals surface area contributed by atoms with Crippen molar-refractivity contribution in [3.05, 3.63) is 30.3 Å². The lowest BCUT2D eigenvalue weighted by Crippen LogP contribution is -2.07. The summed E-state index contributed by atoms with van der Waals surface area (Å²) in [6, 6.07) is 10.1. The Bertz CT molecular complexity index is 255. The molecule has 1 rings (SSSR count). The Balaban J connectivity index is 2.87. The maximum atomic E-state index is 5.72. The van der Waals surface area contributed by atoms with Crippen molar-refractivity contribution in [1.29, 1.82) is 0 Å². The predicted octanol–water partition coefficient (Wildman–Crippen LogP) is 3.38. The lowest BCUT2D eigenvalue weighted by atomic mass is 10.4. The monoisotopic (exact) mass is 214 g/mol. The summed E-state index contributed by atoms with van der Waals surface area (Å²) in [7, 11) is -1.52. The van der Waals surface area contributed by atoms with Crippen LogP contribution in [-0.2, 0) is 8.37 Å². The Morgan fingerprint density at radius 2 is 1.50 bits per heavy atom. The Morgan fingerprint density at radius 1 is 1.00 bits per heavy atom. The molecule has 0 saturated carbocycles. The van der Waals surface area contributed by atoms with Gasteiger partial charge >= 0.3 is 0 Å². The minimum atomic E-state index is -1.52. The molecule has 0 atom stereocenters. The molecule has 0 aliphatic heterocycles. The summed E-state index contributed by atoms with van der Waals surface area (Å²) in [6.45, 7) is 5.35. The van der Waals surface area contributed by atoms with Gasteiger partial charge in [-0.15, -0.1) is 0 Å². The van der Waals surface area contributed by atoms with Crippen molar-refractivity contribution in [1.82, 2.24) is 0 Å². The summed E-state index contributed by atoms with van der Waals surface area (Å²) < 4.78 is 11.4. The molecule has 80 valence electrons. The molecule has 3 heteroatoms. The third-order valence-corrected chi connectivity index (χ3v) is 4.36. The molecule has 0 radical (unpaired) electrons. The Labute approximate surface area is 88.0 Å². The molecule has 1 aromatic carbocycles. The van der Waals surface area contributed by atoms with Crippen LogP contribution in [0.2, 0.25) is 0 Å². The first-order valence-corrected chi connectivity index (χ1v) is 6.74. The molecule has 14 heavy (non-hydrogen) atoms. The van der Waals surface area contributed by atoms with E-state index in [1.165, 1.54) is 0 Å². The summed E-state index contributed by atoms with van der Waals surface area (Å²) >= 11 is 0. The van der Waals surface area contributed by atoms with Crippen LogP contribution in [0, 0.1) is 0 Å². The van der Waals surface area contributed by atoms with Gasteiger partial charge in [0.1, 0.15) is 0 Å². The van der Waals surface area contributed by atoms with Gasteiger partial charge in [0.15, 0.2) is 0 Å². The maximum Gasteiger partial charge on any atom is 0.0690 e. The summed E-state index contributed by atoms with van der Waals surface area (Å²) in [5, 5.41) is 0. The number of rotatable bonds is 5. The van der Waals surface area contributed by atoms with Gasteiger partial charge in [-0.25, -0.2) is 0 Å². The minimum absolute atomic E-state index is 0.681. The van der Waals surface area contributed by atoms with Gasteiger partial charge in [0.05, 0.1) is 18.1 Å². The zero-order valence-corrected chi connectivity index (χ0v) is 9.84. The lowest BCUT2D eigenvalue weighted by molar-refractivity contribution is 0.279. The average Bonchev–Trinajstić information content (AvgIpc) is 2.20. The quantitative estimate of drug-likeness (QED) is 0.748. The molecule has 0 amide bonds. The van der Waals surface area contributed by atoms with E-state index < -0.39 is 10.6 Å². The second-order valence-corrected chi connectivity index (χ2v) is 5.39. The van der Waals surface area contributed by atoms with E-state index in [0.29, 0.717) is 13.2 Å². The van der Waals surface area contributed by atoms with Crippen LogP contribution < -0.4 is 0 Å². The van der Waals surface area contributed by atoms with E-state index in [-0.39, 0.29) is 0 Å². The highest BCUT2D eigenvalue weighted by molar-refractivity contribution is 8.25. The van der Waals surface area contributed by atoms with Gasteiger partial charge < -0.3 is 0 Å². The largest absolute Gasteiger partial charge is 0.280 e. The SMILES string of the molecule is CCOS(C)(OCC)c1ccccc1. The fraction of sp³-hybridized carbons (Fsp3) is 0.455. The number of hydrogen-bond acceptors (Lipinski definition) is 2. The van der Waals surface area contributed by atoms with Crippen molar-refractivity contribution in [2.45, 2.75) is 18.7 Å². The molecule has 0 unspecified atom stereocenters. The van der Waals surface area contributed by atoms with E-state index in [4.69, 9.17) is 8.37 Å². The van der Waals surface area contributed by atoms with Gasteiger partial charge in [-0.2, -0.15) is 10.6 Å². The second-order valence-electron chi connectivity index (χ2n) is 2.90. The van der Waals surface area contributed by atoms with E-state index in [1.807, 2.05) is 38.3 Å². The Hall–Kier alpha value is -0.510. The topological polar surface area (TPSA) is 18.5 Å². The van der Waals surface area contributed by atoms with E-state index >= 15 is 0 Å². The summed E-state index contributed by atoms with van der Waals surface area (Å²) in [6.07, 6.45) is 2.04. The molecule has 0 aromatic heterocycles. The fourth-order valence-electron chi connectivity index (χ4n) is 1.29. The van der Waals surface area contributed by atoms with Crippen LogP contribution in [0.25, 0.3) is 0 Å². The molecular weight excluding hydrogens is 196 g/mol. The molecule has 0 heterocycles. The molecule has 0 aliphatic carbocycles. The lowest BCUT2D eigenvalue weighted by Gasteiger charge is -2.38. The first kappa shape index (κ1) is 11.6. The summed E-state index contributed by atoms with van der Waals surface area (Å²) in [4.78, 5) is 1.14. The van der Waals surface area contributed by atoms with Gasteiger partial charge in [0.2, 0.25) is 0 Å². The summed E-state index contributed by atoms with van der Waals surface area (Å²) in [5.74, 6) is 0. The minimum Gasteiger partial charge on any atom is -0.280 e. The predicted molar refractivity (Wildman–Crippen MR) is 61.5 cm³/mol. The van der Waals surface area contributed by atoms with Gasteiger partial charge in [-0.05, 0) is 26.0 Å². The first-order valence-electron chi connectivity index (χ1n) is 4.85. The van der Waals surface area contributed by atoms with Crippen LogP contribution in [0.3, 0.4) is 0 Å². The maximum absolute atomic E-state index is 5.72. The van der Waals surface area contributed by atoms with E-state index in [1.54, 1.807) is 0 Å². The van der Waals surface area contributed by atoms with Gasteiger partial charge in [-0.3, -0.25) is 8.37 Å². The Morgan fingerprint density at radius 3 is 1.93 bits per heavy atom. The Kier molecular flexibility index (Phi) is 4.45. The van der Waals surface area contributed by atoms with Gasteiger partial charge in [0, 0.05) is 6.26 Å². The molecule has 0 fully saturated rings.